The van der Waals surface area contributed by atoms with E-state index in [-0.39, 0.29) is 45.2 Å². The van der Waals surface area contributed by atoms with E-state index >= 15 is 0 Å². The van der Waals surface area contributed by atoms with Crippen molar-refractivity contribution in [3.63, 3.8) is 0 Å². The third-order valence-electron chi connectivity index (χ3n) is 11.4. The van der Waals surface area contributed by atoms with Crippen LogP contribution in [0.15, 0.2) is 152 Å². The number of methoxy groups -OCH3 is 1. The van der Waals surface area contributed by atoms with Gasteiger partial charge in [-0.05, 0) is 29.2 Å². The highest BCUT2D eigenvalue weighted by atomic mass is 16.8. The molecule has 0 radical (unpaired) electrons. The summed E-state index contributed by atoms with van der Waals surface area (Å²) in [6.07, 6.45) is -7.34. The highest BCUT2D eigenvalue weighted by molar-refractivity contribution is 5.75. The van der Waals surface area contributed by atoms with Crippen molar-refractivity contribution in [3.05, 3.63) is 179 Å². The molecule has 5 aromatic carbocycles. The molecule has 11 atom stereocenters. The first-order valence-corrected chi connectivity index (χ1v) is 21.4. The van der Waals surface area contributed by atoms with E-state index in [0.29, 0.717) is 6.61 Å². The number of rotatable bonds is 19. The normalized spacial score (nSPS) is 28.5. The van der Waals surface area contributed by atoms with Gasteiger partial charge in [-0.15, -0.1) is 0 Å². The maximum absolute atomic E-state index is 13.4. The van der Waals surface area contributed by atoms with Crippen LogP contribution in [0.25, 0.3) is 0 Å². The Morgan fingerprint density at radius 2 is 1.06 bits per heavy atom. The predicted octanol–water partition coefficient (Wildman–Crippen LogP) is 8.15. The van der Waals surface area contributed by atoms with Crippen LogP contribution in [0.3, 0.4) is 0 Å². The maximum Gasteiger partial charge on any atom is 0.186 e. The summed E-state index contributed by atoms with van der Waals surface area (Å²) in [6.45, 7) is 3.10. The second kappa shape index (κ2) is 22.1. The second-order valence-electron chi connectivity index (χ2n) is 16.0. The minimum Gasteiger partial charge on any atom is -0.374 e. The summed E-state index contributed by atoms with van der Waals surface area (Å²) in [5, 5.41) is 0. The van der Waals surface area contributed by atoms with E-state index in [0.717, 1.165) is 27.8 Å². The first-order valence-electron chi connectivity index (χ1n) is 21.4. The van der Waals surface area contributed by atoms with Crippen LogP contribution in [0, 0.1) is 5.92 Å². The molecule has 11 heteroatoms. The Bertz CT molecular complexity index is 2050. The highest BCUT2D eigenvalue weighted by Gasteiger charge is 2.55. The van der Waals surface area contributed by atoms with Gasteiger partial charge in [0, 0.05) is 25.0 Å². The molecule has 0 spiro atoms. The van der Waals surface area contributed by atoms with E-state index in [2.05, 4.69) is 0 Å². The summed E-state index contributed by atoms with van der Waals surface area (Å²) in [4.78, 5) is 13.4. The standard InChI is InChI=1S/C51H56O11/c1-35(52)28-41-44(55-30-37-20-10-4-11-21-37)45(56-31-38-22-12-5-13-23-38)42(33-54-29-36-18-8-3-9-19-36)59-50(41)62-47-46-43(34-58-49(61-46)40-26-16-7-17-27-40)60-51(53-2)48(47)57-32-39-24-14-6-15-25-39/h3-27,41-51H,28-34H2,1-2H3/t41-,42-,43-,44-,45+,46-,47+,48-,49-,50?,51+/m1/s1. The average molecular weight is 845 g/mol. The Balaban J connectivity index is 1.16. The summed E-state index contributed by atoms with van der Waals surface area (Å²) in [7, 11) is 1.58. The van der Waals surface area contributed by atoms with Crippen molar-refractivity contribution < 1.29 is 52.2 Å². The molecule has 0 amide bonds. The zero-order valence-corrected chi connectivity index (χ0v) is 35.2. The SMILES string of the molecule is CO[C@H]1O[C@@H]2CO[C@@H](c3ccccc3)O[C@H]2[C@H](OC2O[C@H](COCc3ccccc3)[C@H](OCc3ccccc3)[C@H](OCc3ccccc3)[C@H]2CC(C)=O)[C@H]1OCc1ccccc1. The predicted molar refractivity (Wildman–Crippen MR) is 229 cm³/mol. The number of Topliss-reactive ketones (excluding diaryl/α,β-unsaturated/α-hetero) is 1. The van der Waals surface area contributed by atoms with Crippen LogP contribution in [0.2, 0.25) is 0 Å². The zero-order valence-electron chi connectivity index (χ0n) is 35.2. The number of benzene rings is 5. The summed E-state index contributed by atoms with van der Waals surface area (Å²) in [5.74, 6) is -0.673. The van der Waals surface area contributed by atoms with Crippen molar-refractivity contribution in [1.82, 2.24) is 0 Å². The van der Waals surface area contributed by atoms with E-state index in [4.69, 9.17) is 47.4 Å². The Hall–Kier alpha value is -4.63. The lowest BCUT2D eigenvalue weighted by atomic mass is 9.86. The van der Waals surface area contributed by atoms with Gasteiger partial charge in [-0.1, -0.05) is 152 Å². The van der Waals surface area contributed by atoms with Crippen LogP contribution in [-0.4, -0.2) is 81.4 Å². The van der Waals surface area contributed by atoms with Crippen molar-refractivity contribution in [2.24, 2.45) is 5.92 Å². The molecular weight excluding hydrogens is 789 g/mol. The van der Waals surface area contributed by atoms with Crippen LogP contribution in [0.1, 0.15) is 47.5 Å². The lowest BCUT2D eigenvalue weighted by Crippen LogP contribution is -2.66. The molecule has 0 saturated carbocycles. The second-order valence-corrected chi connectivity index (χ2v) is 16.0. The number of hydrogen-bond acceptors (Lipinski definition) is 11. The van der Waals surface area contributed by atoms with Gasteiger partial charge in [-0.3, -0.25) is 0 Å². The quantitative estimate of drug-likeness (QED) is 0.0804. The molecule has 3 aliphatic heterocycles. The molecule has 0 N–H and O–H groups in total. The Labute approximate surface area is 364 Å². The Kier molecular flexibility index (Phi) is 15.7. The van der Waals surface area contributed by atoms with Gasteiger partial charge in [-0.25, -0.2) is 0 Å². The van der Waals surface area contributed by atoms with Crippen LogP contribution in [0.5, 0.6) is 0 Å². The van der Waals surface area contributed by atoms with Crippen molar-refractivity contribution in [2.75, 3.05) is 20.3 Å². The fourth-order valence-electron chi connectivity index (χ4n) is 8.36. The smallest absolute Gasteiger partial charge is 0.186 e. The lowest BCUT2D eigenvalue weighted by Gasteiger charge is -2.52. The molecule has 3 heterocycles. The van der Waals surface area contributed by atoms with Gasteiger partial charge in [0.25, 0.3) is 0 Å². The average Bonchev–Trinajstić information content (AvgIpc) is 3.32. The van der Waals surface area contributed by atoms with E-state index in [9.17, 15) is 4.79 Å². The minimum absolute atomic E-state index is 0.0518. The number of carbonyl (C=O) groups is 1. The molecular formula is C51H56O11. The van der Waals surface area contributed by atoms with E-state index in [1.54, 1.807) is 14.0 Å². The topological polar surface area (TPSA) is 109 Å². The van der Waals surface area contributed by atoms with Crippen LogP contribution >= 0.6 is 0 Å². The van der Waals surface area contributed by atoms with Crippen molar-refractivity contribution in [2.45, 2.75) is 101 Å². The maximum atomic E-state index is 13.4. The fourth-order valence-corrected chi connectivity index (χ4v) is 8.36. The first-order chi connectivity index (χ1) is 30.5. The lowest BCUT2D eigenvalue weighted by molar-refractivity contribution is -0.394. The molecule has 3 fully saturated rings. The molecule has 62 heavy (non-hydrogen) atoms. The van der Waals surface area contributed by atoms with Crippen LogP contribution in [0.4, 0.5) is 0 Å². The Morgan fingerprint density at radius 3 is 1.60 bits per heavy atom. The largest absolute Gasteiger partial charge is 0.374 e. The molecule has 0 aliphatic carbocycles. The molecule has 11 nitrogen and oxygen atoms in total. The van der Waals surface area contributed by atoms with Gasteiger partial charge in [-0.2, -0.15) is 0 Å². The number of ketones is 1. The number of ether oxygens (including phenoxy) is 10. The van der Waals surface area contributed by atoms with Crippen molar-refractivity contribution >= 4 is 5.78 Å². The fraction of sp³-hybridized carbons (Fsp3) is 0.392. The Morgan fingerprint density at radius 1 is 0.565 bits per heavy atom. The van der Waals surface area contributed by atoms with E-state index in [1.165, 1.54) is 0 Å². The molecule has 3 aliphatic rings. The summed E-state index contributed by atoms with van der Waals surface area (Å²) < 4.78 is 66.8. The molecule has 1 unspecified atom stereocenters. The third-order valence-corrected chi connectivity index (χ3v) is 11.4. The van der Waals surface area contributed by atoms with Crippen molar-refractivity contribution in [1.29, 1.82) is 0 Å². The van der Waals surface area contributed by atoms with Gasteiger partial charge >= 0.3 is 0 Å². The van der Waals surface area contributed by atoms with Gasteiger partial charge in [0.15, 0.2) is 18.9 Å². The first kappa shape index (κ1) is 44.0. The molecule has 0 aromatic heterocycles. The molecule has 5 aromatic rings. The van der Waals surface area contributed by atoms with Gasteiger partial charge in [0.05, 0.1) is 45.7 Å². The van der Waals surface area contributed by atoms with Crippen LogP contribution < -0.4 is 0 Å². The summed E-state index contributed by atoms with van der Waals surface area (Å²) in [5.41, 5.74) is 4.80. The molecule has 8 rings (SSSR count). The van der Waals surface area contributed by atoms with Gasteiger partial charge in [0.2, 0.25) is 0 Å². The van der Waals surface area contributed by atoms with Gasteiger partial charge in [0.1, 0.15) is 42.4 Å². The summed E-state index contributed by atoms with van der Waals surface area (Å²) >= 11 is 0. The molecule has 326 valence electrons. The van der Waals surface area contributed by atoms with Crippen LogP contribution in [-0.2, 0) is 78.6 Å². The number of fused-ring (bicyclic) bond motifs is 1. The van der Waals surface area contributed by atoms with Crippen molar-refractivity contribution in [3.8, 4) is 0 Å². The molecule has 3 saturated heterocycles. The van der Waals surface area contributed by atoms with E-state index in [1.807, 2.05) is 152 Å². The molecule has 0 bridgehead atoms. The van der Waals surface area contributed by atoms with E-state index < -0.39 is 67.5 Å². The number of hydrogen-bond donors (Lipinski definition) is 0. The highest BCUT2D eigenvalue weighted by Crippen LogP contribution is 2.41. The zero-order chi connectivity index (χ0) is 42.5. The summed E-state index contributed by atoms with van der Waals surface area (Å²) in [6, 6.07) is 49.6. The van der Waals surface area contributed by atoms with Gasteiger partial charge < -0.3 is 52.2 Å². The number of carbonyl (C=O) groups excluding carboxylic acids is 1. The monoisotopic (exact) mass is 844 g/mol. The minimum atomic E-state index is -1.01. The third kappa shape index (κ3) is 11.5.